The Hall–Kier alpha value is -3.09. The Morgan fingerprint density at radius 1 is 1.18 bits per heavy atom. The number of carbonyl (C=O) groups is 1. The van der Waals surface area contributed by atoms with E-state index in [1.54, 1.807) is 24.4 Å². The molecule has 2 fully saturated rings. The molecule has 5 rings (SSSR count). The van der Waals surface area contributed by atoms with Crippen molar-refractivity contribution in [2.24, 2.45) is 0 Å². The summed E-state index contributed by atoms with van der Waals surface area (Å²) < 4.78 is 32.2. The highest BCUT2D eigenvalue weighted by atomic mass is 32.2. The molecule has 0 bridgehead atoms. The second-order valence-electron chi connectivity index (χ2n) is 10.1. The maximum Gasteiger partial charge on any atom is 0.319 e. The van der Waals surface area contributed by atoms with Crippen LogP contribution in [0.5, 0.6) is 0 Å². The zero-order valence-corrected chi connectivity index (χ0v) is 23.5. The number of anilines is 2. The second-order valence-corrected chi connectivity index (χ2v) is 13.3. The van der Waals surface area contributed by atoms with Crippen molar-refractivity contribution in [1.29, 1.82) is 0 Å². The van der Waals surface area contributed by atoms with Crippen molar-refractivity contribution in [1.82, 2.24) is 20.3 Å². The molecule has 1 aromatic carbocycles. The molecule has 3 atom stereocenters. The van der Waals surface area contributed by atoms with Crippen LogP contribution in [-0.2, 0) is 14.6 Å². The van der Waals surface area contributed by atoms with Crippen molar-refractivity contribution in [3.05, 3.63) is 47.1 Å². The largest absolute Gasteiger partial charge is 0.377 e. The molecule has 38 heavy (non-hydrogen) atoms. The number of hydrogen-bond acceptors (Lipinski definition) is 9. The van der Waals surface area contributed by atoms with Crippen molar-refractivity contribution in [2.75, 3.05) is 30.0 Å². The number of urea groups is 1. The number of aryl methyl sites for hydroxylation is 1. The topological polar surface area (TPSA) is 126 Å². The molecule has 0 spiro atoms. The predicted molar refractivity (Wildman–Crippen MR) is 148 cm³/mol. The minimum atomic E-state index is -3.53. The average molecular weight is 557 g/mol. The van der Waals surface area contributed by atoms with Gasteiger partial charge in [-0.05, 0) is 58.4 Å². The van der Waals surface area contributed by atoms with E-state index in [2.05, 4.69) is 27.4 Å². The van der Waals surface area contributed by atoms with Gasteiger partial charge < -0.3 is 20.3 Å². The smallest absolute Gasteiger partial charge is 0.319 e. The number of aromatic nitrogens is 3. The van der Waals surface area contributed by atoms with Gasteiger partial charge in [0.25, 0.3) is 0 Å². The number of nitrogens with one attached hydrogen (secondary N) is 2. The van der Waals surface area contributed by atoms with Gasteiger partial charge in [-0.25, -0.2) is 28.2 Å². The van der Waals surface area contributed by atoms with Crippen LogP contribution >= 0.6 is 11.3 Å². The molecule has 3 aromatic rings. The van der Waals surface area contributed by atoms with Crippen LogP contribution in [0.4, 0.5) is 16.3 Å². The summed E-state index contributed by atoms with van der Waals surface area (Å²) in [5.41, 5.74) is 2.85. The first-order valence-electron chi connectivity index (χ1n) is 12.7. The van der Waals surface area contributed by atoms with E-state index in [-0.39, 0.29) is 28.4 Å². The van der Waals surface area contributed by atoms with Gasteiger partial charge in [-0.3, -0.25) is 0 Å². The first-order chi connectivity index (χ1) is 18.1. The summed E-state index contributed by atoms with van der Waals surface area (Å²) in [4.78, 5) is 28.2. The molecule has 2 unspecified atom stereocenters. The predicted octanol–water partition coefficient (Wildman–Crippen LogP) is 3.99. The van der Waals surface area contributed by atoms with Gasteiger partial charge in [0, 0.05) is 46.9 Å². The number of ether oxygens (including phenoxy) is 1. The lowest BCUT2D eigenvalue weighted by Crippen LogP contribution is -2.44. The van der Waals surface area contributed by atoms with Gasteiger partial charge >= 0.3 is 6.03 Å². The van der Waals surface area contributed by atoms with E-state index in [1.807, 2.05) is 32.0 Å². The number of sulfone groups is 1. The Bertz CT molecular complexity index is 1420. The third-order valence-corrected chi connectivity index (χ3v) is 10.2. The van der Waals surface area contributed by atoms with Crippen molar-refractivity contribution < 1.29 is 17.9 Å². The summed E-state index contributed by atoms with van der Waals surface area (Å²) in [5.74, 6) is 1.05. The molecule has 0 radical (unpaired) electrons. The minimum Gasteiger partial charge on any atom is -0.377 e. The zero-order chi connectivity index (χ0) is 27.0. The molecule has 12 heteroatoms. The lowest BCUT2D eigenvalue weighted by Gasteiger charge is -2.34. The summed E-state index contributed by atoms with van der Waals surface area (Å²) in [6.07, 6.45) is 0.503. The number of benzene rings is 1. The number of morpholine rings is 1. The van der Waals surface area contributed by atoms with Crippen molar-refractivity contribution in [2.45, 2.75) is 61.7 Å². The van der Waals surface area contributed by atoms with Gasteiger partial charge in [-0.2, -0.15) is 0 Å². The van der Waals surface area contributed by atoms with Gasteiger partial charge in [0.05, 0.1) is 30.2 Å². The van der Waals surface area contributed by atoms with Crippen LogP contribution in [0.15, 0.2) is 40.1 Å². The number of thiazole rings is 1. The van der Waals surface area contributed by atoms with Gasteiger partial charge in [0.1, 0.15) is 5.82 Å². The Balaban J connectivity index is 1.45. The first-order valence-corrected chi connectivity index (χ1v) is 15.1. The van der Waals surface area contributed by atoms with Gasteiger partial charge in [-0.15, -0.1) is 11.3 Å². The Labute approximate surface area is 226 Å². The van der Waals surface area contributed by atoms with Crippen molar-refractivity contribution >= 4 is 38.7 Å². The highest BCUT2D eigenvalue weighted by Crippen LogP contribution is 2.48. The molecule has 3 heterocycles. The lowest BCUT2D eigenvalue weighted by atomic mass is 10.1. The number of hydrogen-bond donors (Lipinski definition) is 2. The molecular weight excluding hydrogens is 524 g/mol. The second kappa shape index (κ2) is 10.6. The van der Waals surface area contributed by atoms with Gasteiger partial charge in [0.15, 0.2) is 5.82 Å². The summed E-state index contributed by atoms with van der Waals surface area (Å²) in [6, 6.07) is 9.13. The fourth-order valence-corrected chi connectivity index (χ4v) is 7.67. The van der Waals surface area contributed by atoms with E-state index in [9.17, 15) is 13.2 Å². The highest BCUT2D eigenvalue weighted by Gasteiger charge is 2.51. The normalized spacial score (nSPS) is 21.4. The molecular formula is C26H32N6O4S2. The van der Waals surface area contributed by atoms with E-state index >= 15 is 0 Å². The number of nitrogens with zero attached hydrogens (tertiary/aromatic N) is 4. The Morgan fingerprint density at radius 2 is 1.95 bits per heavy atom. The van der Waals surface area contributed by atoms with Crippen LogP contribution in [-0.4, -0.2) is 66.5 Å². The fourth-order valence-electron chi connectivity index (χ4n) is 4.54. The third kappa shape index (κ3) is 5.67. The maximum atomic E-state index is 13.2. The number of carbonyl (C=O) groups excluding carboxylic acids is 1. The fraction of sp³-hybridized carbons (Fsp3) is 0.462. The summed E-state index contributed by atoms with van der Waals surface area (Å²) >= 11 is 1.17. The van der Waals surface area contributed by atoms with E-state index in [1.165, 1.54) is 11.3 Å². The third-order valence-electron chi connectivity index (χ3n) is 6.57. The average Bonchev–Trinajstić information content (AvgIpc) is 3.58. The summed E-state index contributed by atoms with van der Waals surface area (Å²) in [6.45, 7) is 9.55. The Kier molecular flexibility index (Phi) is 7.38. The molecule has 1 saturated heterocycles. The summed E-state index contributed by atoms with van der Waals surface area (Å²) in [5, 5.41) is 6.83. The molecule has 2 aliphatic rings. The van der Waals surface area contributed by atoms with E-state index < -0.39 is 15.1 Å². The van der Waals surface area contributed by atoms with E-state index in [0.29, 0.717) is 49.1 Å². The van der Waals surface area contributed by atoms with Crippen molar-refractivity contribution in [3.8, 4) is 11.4 Å². The Morgan fingerprint density at radius 3 is 2.61 bits per heavy atom. The molecule has 2 aromatic heterocycles. The lowest BCUT2D eigenvalue weighted by molar-refractivity contribution is 0.0985. The molecule has 1 saturated carbocycles. The highest BCUT2D eigenvalue weighted by molar-refractivity contribution is 7.94. The maximum absolute atomic E-state index is 13.2. The molecule has 202 valence electrons. The standard InChI is InChI=1S/C26H32N6O4S2/c1-15(2)27-25(33)29-19-7-5-18(6-8-19)24-30-21(12-23(31-24)32-9-10-36-13-17(32)4)20-11-22(20)38(34,35)26-28-16(3)14-37-26/h5-8,12,14-15,17,20,22H,9-11,13H2,1-4H3,(H2,27,29,33)/t17-,20?,22?/m0/s1. The van der Waals surface area contributed by atoms with Crippen LogP contribution in [0.2, 0.25) is 0 Å². The van der Waals surface area contributed by atoms with Crippen LogP contribution < -0.4 is 15.5 Å². The molecule has 1 aliphatic heterocycles. The quantitative estimate of drug-likeness (QED) is 0.447. The van der Waals surface area contributed by atoms with Gasteiger partial charge in [0.2, 0.25) is 14.2 Å². The van der Waals surface area contributed by atoms with E-state index in [0.717, 1.165) is 11.4 Å². The SMILES string of the molecule is Cc1csc(S(=O)(=O)C2CC2c2cc(N3CCOC[C@@H]3C)nc(-c3ccc(NC(=O)NC(C)C)cc3)n2)n1. The molecule has 2 N–H and O–H groups in total. The van der Waals surface area contributed by atoms with Crippen LogP contribution in [0.25, 0.3) is 11.4 Å². The van der Waals surface area contributed by atoms with Crippen LogP contribution in [0, 0.1) is 6.92 Å². The molecule has 2 amide bonds. The van der Waals surface area contributed by atoms with Crippen molar-refractivity contribution in [3.63, 3.8) is 0 Å². The number of amides is 2. The number of rotatable bonds is 7. The minimum absolute atomic E-state index is 0.0288. The first kappa shape index (κ1) is 26.5. The molecule has 1 aliphatic carbocycles. The zero-order valence-electron chi connectivity index (χ0n) is 21.8. The molecule has 10 nitrogen and oxygen atoms in total. The van der Waals surface area contributed by atoms with Crippen LogP contribution in [0.3, 0.4) is 0 Å². The van der Waals surface area contributed by atoms with E-state index in [4.69, 9.17) is 14.7 Å². The van der Waals surface area contributed by atoms with Crippen LogP contribution in [0.1, 0.15) is 44.5 Å². The monoisotopic (exact) mass is 556 g/mol. The van der Waals surface area contributed by atoms with Gasteiger partial charge in [-0.1, -0.05) is 0 Å². The summed E-state index contributed by atoms with van der Waals surface area (Å²) in [7, 11) is -3.53.